The maximum Gasteiger partial charge on any atom is 0.227 e. The minimum atomic E-state index is -0.287. The molecule has 0 spiro atoms. The molecule has 2 rings (SSSR count). The molecule has 1 unspecified atom stereocenters. The Morgan fingerprint density at radius 1 is 1.58 bits per heavy atom. The van der Waals surface area contributed by atoms with Crippen LogP contribution in [0.3, 0.4) is 0 Å². The van der Waals surface area contributed by atoms with Gasteiger partial charge in [-0.2, -0.15) is 0 Å². The van der Waals surface area contributed by atoms with Gasteiger partial charge in [-0.15, -0.1) is 0 Å². The first-order valence-corrected chi connectivity index (χ1v) is 7.23. The summed E-state index contributed by atoms with van der Waals surface area (Å²) in [6.45, 7) is 4.49. The standard InChI is InChI=1S/C14H20BrN3O/c1-14(13(19)17-2)6-7-18(9-14)8-10-11(15)4-3-5-12(10)16/h3-5H,6-9,16H2,1-2H3,(H,17,19). The van der Waals surface area contributed by atoms with E-state index >= 15 is 0 Å². The summed E-state index contributed by atoms with van der Waals surface area (Å²) in [4.78, 5) is 14.2. The van der Waals surface area contributed by atoms with Crippen LogP contribution in [0.5, 0.6) is 0 Å². The van der Waals surface area contributed by atoms with Gasteiger partial charge in [-0.25, -0.2) is 0 Å². The summed E-state index contributed by atoms with van der Waals surface area (Å²) in [6.07, 6.45) is 0.886. The molecule has 1 atom stereocenters. The van der Waals surface area contributed by atoms with Crippen molar-refractivity contribution in [2.24, 2.45) is 5.41 Å². The van der Waals surface area contributed by atoms with Crippen LogP contribution in [-0.4, -0.2) is 30.9 Å². The van der Waals surface area contributed by atoms with Crippen molar-refractivity contribution in [1.82, 2.24) is 10.2 Å². The number of carbonyl (C=O) groups excluding carboxylic acids is 1. The van der Waals surface area contributed by atoms with Gasteiger partial charge in [-0.3, -0.25) is 9.69 Å². The van der Waals surface area contributed by atoms with Crippen LogP contribution >= 0.6 is 15.9 Å². The SMILES string of the molecule is CNC(=O)C1(C)CCN(Cc2c(N)cccc2Br)C1. The van der Waals surface area contributed by atoms with Gasteiger partial charge in [0, 0.05) is 35.9 Å². The minimum absolute atomic E-state index is 0.120. The number of nitrogen functional groups attached to an aromatic ring is 1. The quantitative estimate of drug-likeness (QED) is 0.835. The molecule has 19 heavy (non-hydrogen) atoms. The topological polar surface area (TPSA) is 58.4 Å². The zero-order valence-electron chi connectivity index (χ0n) is 11.4. The second-order valence-corrected chi connectivity index (χ2v) is 6.26. The fourth-order valence-electron chi connectivity index (χ4n) is 2.64. The normalized spacial score (nSPS) is 23.5. The molecule has 0 aliphatic carbocycles. The highest BCUT2D eigenvalue weighted by Crippen LogP contribution is 2.33. The molecular weight excluding hydrogens is 306 g/mol. The Kier molecular flexibility index (Phi) is 4.16. The lowest BCUT2D eigenvalue weighted by atomic mass is 9.89. The van der Waals surface area contributed by atoms with E-state index in [1.54, 1.807) is 7.05 Å². The third-order valence-corrected chi connectivity index (χ3v) is 4.61. The molecule has 0 saturated carbocycles. The van der Waals surface area contributed by atoms with Gasteiger partial charge in [0.1, 0.15) is 0 Å². The van der Waals surface area contributed by atoms with Crippen molar-refractivity contribution in [2.45, 2.75) is 19.9 Å². The van der Waals surface area contributed by atoms with Gasteiger partial charge in [0.25, 0.3) is 0 Å². The number of anilines is 1. The third kappa shape index (κ3) is 2.92. The Morgan fingerprint density at radius 2 is 2.32 bits per heavy atom. The average Bonchev–Trinajstić information content (AvgIpc) is 2.76. The molecule has 1 aromatic carbocycles. The van der Waals surface area contributed by atoms with E-state index < -0.39 is 0 Å². The summed E-state index contributed by atoms with van der Waals surface area (Å²) >= 11 is 3.54. The predicted molar refractivity (Wildman–Crippen MR) is 80.6 cm³/mol. The number of hydrogen-bond acceptors (Lipinski definition) is 3. The van der Waals surface area contributed by atoms with Gasteiger partial charge in [0.15, 0.2) is 0 Å². The van der Waals surface area contributed by atoms with Crippen molar-refractivity contribution in [3.63, 3.8) is 0 Å². The number of nitrogens with two attached hydrogens (primary N) is 1. The highest BCUT2D eigenvalue weighted by atomic mass is 79.9. The predicted octanol–water partition coefficient (Wildman–Crippen LogP) is 1.99. The van der Waals surface area contributed by atoms with Crippen molar-refractivity contribution in [3.05, 3.63) is 28.2 Å². The Labute approximate surface area is 122 Å². The lowest BCUT2D eigenvalue weighted by Gasteiger charge is -2.23. The lowest BCUT2D eigenvalue weighted by molar-refractivity contribution is -0.129. The van der Waals surface area contributed by atoms with Crippen LogP contribution in [0.1, 0.15) is 18.9 Å². The number of hydrogen-bond donors (Lipinski definition) is 2. The summed E-state index contributed by atoms with van der Waals surface area (Å²) < 4.78 is 1.03. The number of rotatable bonds is 3. The van der Waals surface area contributed by atoms with Crippen LogP contribution in [0, 0.1) is 5.41 Å². The zero-order valence-corrected chi connectivity index (χ0v) is 13.0. The average molecular weight is 326 g/mol. The van der Waals surface area contributed by atoms with E-state index in [1.165, 1.54) is 0 Å². The van der Waals surface area contributed by atoms with E-state index in [-0.39, 0.29) is 11.3 Å². The molecule has 1 aliphatic heterocycles. The summed E-state index contributed by atoms with van der Waals surface area (Å²) in [5.41, 5.74) is 7.63. The summed E-state index contributed by atoms with van der Waals surface area (Å²) in [6, 6.07) is 5.84. The Morgan fingerprint density at radius 3 is 2.95 bits per heavy atom. The van der Waals surface area contributed by atoms with Crippen LogP contribution in [0.2, 0.25) is 0 Å². The first-order valence-electron chi connectivity index (χ1n) is 6.44. The van der Waals surface area contributed by atoms with Crippen LogP contribution in [0.25, 0.3) is 0 Å². The number of carbonyl (C=O) groups is 1. The molecule has 1 amide bonds. The maximum absolute atomic E-state index is 11.9. The third-order valence-electron chi connectivity index (χ3n) is 3.86. The Balaban J connectivity index is 2.09. The molecular formula is C14H20BrN3O. The van der Waals surface area contributed by atoms with E-state index in [0.717, 1.165) is 41.8 Å². The fraction of sp³-hybridized carbons (Fsp3) is 0.500. The van der Waals surface area contributed by atoms with Crippen LogP contribution < -0.4 is 11.1 Å². The summed E-state index contributed by atoms with van der Waals surface area (Å²) in [5, 5.41) is 2.76. The van der Waals surface area contributed by atoms with Gasteiger partial charge in [-0.1, -0.05) is 22.0 Å². The molecule has 0 radical (unpaired) electrons. The van der Waals surface area contributed by atoms with E-state index in [1.807, 2.05) is 25.1 Å². The van der Waals surface area contributed by atoms with Crippen molar-refractivity contribution < 1.29 is 4.79 Å². The highest BCUT2D eigenvalue weighted by molar-refractivity contribution is 9.10. The van der Waals surface area contributed by atoms with Gasteiger partial charge < -0.3 is 11.1 Å². The number of halogens is 1. The number of benzene rings is 1. The molecule has 104 valence electrons. The molecule has 1 aliphatic rings. The van der Waals surface area contributed by atoms with Gasteiger partial charge in [-0.05, 0) is 32.0 Å². The Bertz CT molecular complexity index is 471. The van der Waals surface area contributed by atoms with Gasteiger partial charge in [0.2, 0.25) is 5.91 Å². The first kappa shape index (κ1) is 14.3. The van der Waals surface area contributed by atoms with Crippen molar-refractivity contribution in [2.75, 3.05) is 25.9 Å². The molecule has 3 N–H and O–H groups in total. The number of nitrogens with zero attached hydrogens (tertiary/aromatic N) is 1. The zero-order chi connectivity index (χ0) is 14.0. The van der Waals surface area contributed by atoms with Gasteiger partial charge >= 0.3 is 0 Å². The van der Waals surface area contributed by atoms with Crippen LogP contribution in [0.4, 0.5) is 5.69 Å². The maximum atomic E-state index is 11.9. The van der Waals surface area contributed by atoms with Crippen molar-refractivity contribution in [3.8, 4) is 0 Å². The molecule has 4 nitrogen and oxygen atoms in total. The van der Waals surface area contributed by atoms with Gasteiger partial charge in [0.05, 0.1) is 5.41 Å². The number of nitrogens with one attached hydrogen (secondary N) is 1. The fourth-order valence-corrected chi connectivity index (χ4v) is 3.15. The van der Waals surface area contributed by atoms with E-state index in [9.17, 15) is 4.79 Å². The second-order valence-electron chi connectivity index (χ2n) is 5.41. The highest BCUT2D eigenvalue weighted by Gasteiger charge is 2.39. The van der Waals surface area contributed by atoms with E-state index in [2.05, 4.69) is 26.1 Å². The second kappa shape index (κ2) is 5.51. The molecule has 5 heteroatoms. The van der Waals surface area contributed by atoms with E-state index in [4.69, 9.17) is 5.73 Å². The van der Waals surface area contributed by atoms with Crippen molar-refractivity contribution in [1.29, 1.82) is 0 Å². The van der Waals surface area contributed by atoms with Crippen molar-refractivity contribution >= 4 is 27.5 Å². The smallest absolute Gasteiger partial charge is 0.227 e. The van der Waals surface area contributed by atoms with E-state index in [0.29, 0.717) is 0 Å². The Hall–Kier alpha value is -1.07. The molecule has 1 heterocycles. The minimum Gasteiger partial charge on any atom is -0.398 e. The monoisotopic (exact) mass is 325 g/mol. The molecule has 0 aromatic heterocycles. The molecule has 1 saturated heterocycles. The number of likely N-dealkylation sites (tertiary alicyclic amines) is 1. The largest absolute Gasteiger partial charge is 0.398 e. The summed E-state index contributed by atoms with van der Waals surface area (Å²) in [5.74, 6) is 0.120. The lowest BCUT2D eigenvalue weighted by Crippen LogP contribution is -2.39. The molecule has 0 bridgehead atoms. The van der Waals surface area contributed by atoms with Crippen LogP contribution in [0.15, 0.2) is 22.7 Å². The number of amides is 1. The first-order chi connectivity index (χ1) is 8.96. The summed E-state index contributed by atoms with van der Waals surface area (Å²) in [7, 11) is 1.70. The molecule has 1 fully saturated rings. The molecule has 1 aromatic rings. The van der Waals surface area contributed by atoms with Crippen LogP contribution in [-0.2, 0) is 11.3 Å².